The van der Waals surface area contributed by atoms with Gasteiger partial charge in [0.25, 0.3) is 0 Å². The molecule has 0 aliphatic heterocycles. The van der Waals surface area contributed by atoms with Gasteiger partial charge in [0, 0.05) is 7.05 Å². The molecular formula is C14H18FN3O. The van der Waals surface area contributed by atoms with E-state index in [4.69, 9.17) is 10.5 Å². The number of aromatic nitrogens is 2. The van der Waals surface area contributed by atoms with Crippen LogP contribution in [0.4, 0.5) is 10.1 Å². The van der Waals surface area contributed by atoms with Crippen LogP contribution in [0, 0.1) is 12.7 Å². The van der Waals surface area contributed by atoms with Crippen molar-refractivity contribution in [3.05, 3.63) is 35.3 Å². The number of hydrogen-bond donors (Lipinski definition) is 1. The fourth-order valence-corrected chi connectivity index (χ4v) is 1.95. The van der Waals surface area contributed by atoms with Crippen molar-refractivity contribution >= 4 is 5.69 Å². The zero-order valence-electron chi connectivity index (χ0n) is 11.4. The van der Waals surface area contributed by atoms with Gasteiger partial charge in [0.2, 0.25) is 5.88 Å². The summed E-state index contributed by atoms with van der Waals surface area (Å²) in [6, 6.07) is 4.38. The average molecular weight is 263 g/mol. The van der Waals surface area contributed by atoms with Crippen molar-refractivity contribution in [1.82, 2.24) is 9.78 Å². The molecule has 4 nitrogen and oxygen atoms in total. The SMILES string of the molecule is CCCc1nn(C)c(Oc2ccc(F)cc2C)c1N. The molecule has 5 heteroatoms. The zero-order valence-corrected chi connectivity index (χ0v) is 11.4. The van der Waals surface area contributed by atoms with E-state index in [-0.39, 0.29) is 5.82 Å². The third-order valence-electron chi connectivity index (χ3n) is 2.94. The molecule has 0 bridgehead atoms. The van der Waals surface area contributed by atoms with E-state index in [0.29, 0.717) is 17.3 Å². The summed E-state index contributed by atoms with van der Waals surface area (Å²) in [5, 5.41) is 4.34. The van der Waals surface area contributed by atoms with Gasteiger partial charge in [-0.05, 0) is 37.1 Å². The van der Waals surface area contributed by atoms with E-state index >= 15 is 0 Å². The number of halogens is 1. The van der Waals surface area contributed by atoms with Crippen LogP contribution in [0.15, 0.2) is 18.2 Å². The topological polar surface area (TPSA) is 53.1 Å². The lowest BCUT2D eigenvalue weighted by molar-refractivity contribution is 0.428. The lowest BCUT2D eigenvalue weighted by atomic mass is 10.2. The number of nitrogens with zero attached hydrogens (tertiary/aromatic N) is 2. The normalized spacial score (nSPS) is 10.7. The number of ether oxygens (including phenoxy) is 1. The minimum Gasteiger partial charge on any atom is -0.437 e. The number of rotatable bonds is 4. The predicted octanol–water partition coefficient (Wildman–Crippen LogP) is 3.19. The van der Waals surface area contributed by atoms with E-state index in [9.17, 15) is 4.39 Å². The van der Waals surface area contributed by atoms with Crippen LogP contribution in [0.2, 0.25) is 0 Å². The predicted molar refractivity (Wildman–Crippen MR) is 72.8 cm³/mol. The number of nitrogen functional groups attached to an aromatic ring is 1. The highest BCUT2D eigenvalue weighted by molar-refractivity contribution is 5.55. The zero-order chi connectivity index (χ0) is 14.0. The van der Waals surface area contributed by atoms with Gasteiger partial charge < -0.3 is 10.5 Å². The second-order valence-electron chi connectivity index (χ2n) is 4.55. The van der Waals surface area contributed by atoms with Crippen molar-refractivity contribution in [3.8, 4) is 11.6 Å². The Hall–Kier alpha value is -2.04. The van der Waals surface area contributed by atoms with Crippen molar-refractivity contribution in [2.75, 3.05) is 5.73 Å². The number of hydrogen-bond acceptors (Lipinski definition) is 3. The molecule has 0 atom stereocenters. The summed E-state index contributed by atoms with van der Waals surface area (Å²) < 4.78 is 20.4. The molecule has 0 fully saturated rings. The Kier molecular flexibility index (Phi) is 3.74. The van der Waals surface area contributed by atoms with Gasteiger partial charge in [-0.15, -0.1) is 0 Å². The summed E-state index contributed by atoms with van der Waals surface area (Å²) in [6.45, 7) is 3.86. The van der Waals surface area contributed by atoms with Crippen molar-refractivity contribution in [2.24, 2.45) is 7.05 Å². The van der Waals surface area contributed by atoms with E-state index in [1.165, 1.54) is 12.1 Å². The van der Waals surface area contributed by atoms with Crippen LogP contribution in [0.5, 0.6) is 11.6 Å². The van der Waals surface area contributed by atoms with Crippen molar-refractivity contribution in [1.29, 1.82) is 0 Å². The first-order chi connectivity index (χ1) is 9.02. The summed E-state index contributed by atoms with van der Waals surface area (Å²) >= 11 is 0. The maximum Gasteiger partial charge on any atom is 0.241 e. The van der Waals surface area contributed by atoms with E-state index in [2.05, 4.69) is 12.0 Å². The third kappa shape index (κ3) is 2.70. The monoisotopic (exact) mass is 263 g/mol. The van der Waals surface area contributed by atoms with Crippen LogP contribution >= 0.6 is 0 Å². The van der Waals surface area contributed by atoms with Crippen LogP contribution in [-0.4, -0.2) is 9.78 Å². The lowest BCUT2D eigenvalue weighted by Gasteiger charge is -2.09. The standard InChI is InChI=1S/C14H18FN3O/c1-4-5-11-13(16)14(18(3)17-11)19-12-7-6-10(15)8-9(12)2/h6-8H,4-5,16H2,1-3H3. The van der Waals surface area contributed by atoms with E-state index in [1.807, 2.05) is 0 Å². The van der Waals surface area contributed by atoms with Gasteiger partial charge in [-0.1, -0.05) is 13.3 Å². The van der Waals surface area contributed by atoms with Crippen molar-refractivity contribution in [3.63, 3.8) is 0 Å². The molecule has 1 aromatic heterocycles. The molecule has 0 radical (unpaired) electrons. The average Bonchev–Trinajstić information content (AvgIpc) is 2.60. The molecule has 1 aromatic carbocycles. The maximum atomic E-state index is 13.1. The smallest absolute Gasteiger partial charge is 0.241 e. The Balaban J connectivity index is 2.33. The fraction of sp³-hybridized carbons (Fsp3) is 0.357. The van der Waals surface area contributed by atoms with Gasteiger partial charge >= 0.3 is 0 Å². The van der Waals surface area contributed by atoms with Gasteiger partial charge in [0.05, 0.1) is 5.69 Å². The van der Waals surface area contributed by atoms with Crippen molar-refractivity contribution < 1.29 is 9.13 Å². The molecule has 2 N–H and O–H groups in total. The molecule has 0 aliphatic rings. The minimum absolute atomic E-state index is 0.283. The molecule has 2 aromatic rings. The molecule has 0 saturated carbocycles. The molecular weight excluding hydrogens is 245 g/mol. The maximum absolute atomic E-state index is 13.1. The Morgan fingerprint density at radius 2 is 2.16 bits per heavy atom. The summed E-state index contributed by atoms with van der Waals surface area (Å²) in [6.07, 6.45) is 1.78. The van der Waals surface area contributed by atoms with E-state index in [0.717, 1.165) is 24.1 Å². The number of nitrogens with two attached hydrogens (primary N) is 1. The molecule has 2 rings (SSSR count). The highest BCUT2D eigenvalue weighted by atomic mass is 19.1. The Bertz CT molecular complexity index is 593. The summed E-state index contributed by atoms with van der Waals surface area (Å²) in [5.74, 6) is 0.798. The minimum atomic E-state index is -0.283. The largest absolute Gasteiger partial charge is 0.437 e. The molecule has 0 amide bonds. The van der Waals surface area contributed by atoms with Gasteiger partial charge in [-0.3, -0.25) is 0 Å². The first kappa shape index (κ1) is 13.4. The molecule has 0 saturated heterocycles. The third-order valence-corrected chi connectivity index (χ3v) is 2.94. The van der Waals surface area contributed by atoms with Crippen LogP contribution in [0.1, 0.15) is 24.6 Å². The second kappa shape index (κ2) is 5.30. The quantitative estimate of drug-likeness (QED) is 0.921. The molecule has 19 heavy (non-hydrogen) atoms. The highest BCUT2D eigenvalue weighted by Crippen LogP contribution is 2.31. The first-order valence-corrected chi connectivity index (χ1v) is 6.28. The van der Waals surface area contributed by atoms with Gasteiger partial charge in [0.1, 0.15) is 17.3 Å². The summed E-state index contributed by atoms with van der Waals surface area (Å²) in [5.41, 5.74) is 8.14. The van der Waals surface area contributed by atoms with Crippen LogP contribution in [0.25, 0.3) is 0 Å². The Labute approximate surface area is 112 Å². The molecule has 0 aliphatic carbocycles. The summed E-state index contributed by atoms with van der Waals surface area (Å²) in [4.78, 5) is 0. The molecule has 1 heterocycles. The molecule has 102 valence electrons. The van der Waals surface area contributed by atoms with E-state index in [1.54, 1.807) is 24.7 Å². The van der Waals surface area contributed by atoms with Crippen LogP contribution in [-0.2, 0) is 13.5 Å². The number of anilines is 1. The van der Waals surface area contributed by atoms with Crippen LogP contribution < -0.4 is 10.5 Å². The summed E-state index contributed by atoms with van der Waals surface area (Å²) in [7, 11) is 1.78. The lowest BCUT2D eigenvalue weighted by Crippen LogP contribution is -1.98. The van der Waals surface area contributed by atoms with Gasteiger partial charge in [0.15, 0.2) is 0 Å². The molecule has 0 spiro atoms. The molecule has 0 unspecified atom stereocenters. The van der Waals surface area contributed by atoms with Crippen molar-refractivity contribution in [2.45, 2.75) is 26.7 Å². The second-order valence-corrected chi connectivity index (χ2v) is 4.55. The fourth-order valence-electron chi connectivity index (χ4n) is 1.95. The van der Waals surface area contributed by atoms with Crippen LogP contribution in [0.3, 0.4) is 0 Å². The first-order valence-electron chi connectivity index (χ1n) is 6.28. The van der Waals surface area contributed by atoms with Gasteiger partial charge in [-0.2, -0.15) is 5.10 Å². The van der Waals surface area contributed by atoms with E-state index < -0.39 is 0 Å². The Morgan fingerprint density at radius 3 is 2.79 bits per heavy atom. The number of benzene rings is 1. The van der Waals surface area contributed by atoms with Gasteiger partial charge in [-0.25, -0.2) is 9.07 Å². The highest BCUT2D eigenvalue weighted by Gasteiger charge is 2.15. The number of aryl methyl sites for hydroxylation is 3. The Morgan fingerprint density at radius 1 is 1.42 bits per heavy atom.